The van der Waals surface area contributed by atoms with Gasteiger partial charge in [0, 0.05) is 19.3 Å². The van der Waals surface area contributed by atoms with Gasteiger partial charge in [0.2, 0.25) is 10.0 Å². The largest absolute Gasteiger partial charge is 0.308 e. The molecule has 6 nitrogen and oxygen atoms in total. The van der Waals surface area contributed by atoms with E-state index in [2.05, 4.69) is 10.4 Å². The van der Waals surface area contributed by atoms with Gasteiger partial charge in [-0.3, -0.25) is 0 Å². The zero-order chi connectivity index (χ0) is 15.3. The second-order valence-corrected chi connectivity index (χ2v) is 6.38. The number of hydrogen-bond donors (Lipinski definition) is 2. The molecule has 0 atom stereocenters. The van der Waals surface area contributed by atoms with Gasteiger partial charge in [0.1, 0.15) is 10.7 Å². The summed E-state index contributed by atoms with van der Waals surface area (Å²) in [6, 6.07) is 12.5. The third kappa shape index (κ3) is 3.57. The van der Waals surface area contributed by atoms with Crippen LogP contribution in [0.5, 0.6) is 0 Å². The van der Waals surface area contributed by atoms with Crippen molar-refractivity contribution >= 4 is 15.8 Å². The van der Waals surface area contributed by atoms with Crippen LogP contribution in [0.25, 0.3) is 0 Å². The predicted molar refractivity (Wildman–Crippen MR) is 81.8 cm³/mol. The van der Waals surface area contributed by atoms with Crippen LogP contribution in [0.3, 0.4) is 0 Å². The van der Waals surface area contributed by atoms with E-state index in [1.807, 2.05) is 37.3 Å². The van der Waals surface area contributed by atoms with E-state index >= 15 is 0 Å². The van der Waals surface area contributed by atoms with Crippen molar-refractivity contribution in [1.29, 1.82) is 0 Å². The summed E-state index contributed by atoms with van der Waals surface area (Å²) in [7, 11) is -3.57. The van der Waals surface area contributed by atoms with Crippen LogP contribution in [0.4, 0.5) is 5.82 Å². The van der Waals surface area contributed by atoms with Crippen LogP contribution in [0.15, 0.2) is 53.6 Å². The fraction of sp³-hybridized carbons (Fsp3) is 0.214. The average Bonchev–Trinajstić information content (AvgIpc) is 2.53. The molecule has 0 aliphatic carbocycles. The first kappa shape index (κ1) is 15.4. The summed E-state index contributed by atoms with van der Waals surface area (Å²) < 4.78 is 26.6. The Kier molecular flexibility index (Phi) is 4.89. The van der Waals surface area contributed by atoms with Crippen molar-refractivity contribution in [3.05, 3.63) is 54.2 Å². The summed E-state index contributed by atoms with van der Waals surface area (Å²) in [5.41, 5.74) is 3.31. The molecule has 0 amide bonds. The molecule has 2 rings (SSSR count). The number of hydrazine groups is 1. The maximum atomic E-state index is 12.6. The number of hydrogen-bond acceptors (Lipinski definition) is 5. The molecule has 0 aliphatic rings. The number of nitrogens with one attached hydrogen (secondary N) is 1. The summed E-state index contributed by atoms with van der Waals surface area (Å²) in [6.45, 7) is 2.52. The normalized spacial score (nSPS) is 11.6. The lowest BCUT2D eigenvalue weighted by atomic mass is 10.2. The van der Waals surface area contributed by atoms with Crippen LogP contribution in [-0.4, -0.2) is 24.3 Å². The van der Waals surface area contributed by atoms with Crippen molar-refractivity contribution in [2.75, 3.05) is 12.0 Å². The third-order valence-corrected chi connectivity index (χ3v) is 4.98. The molecule has 0 fully saturated rings. The fourth-order valence-electron chi connectivity index (χ4n) is 1.92. The topological polar surface area (TPSA) is 88.3 Å². The Morgan fingerprint density at radius 3 is 2.43 bits per heavy atom. The van der Waals surface area contributed by atoms with E-state index in [0.29, 0.717) is 18.9 Å². The molecule has 7 heteroatoms. The molecule has 112 valence electrons. The minimum atomic E-state index is -3.57. The lowest BCUT2D eigenvalue weighted by Gasteiger charge is -2.20. The molecule has 0 saturated carbocycles. The summed E-state index contributed by atoms with van der Waals surface area (Å²) in [6.07, 6.45) is 1.30. The van der Waals surface area contributed by atoms with E-state index in [4.69, 9.17) is 5.84 Å². The van der Waals surface area contributed by atoms with Gasteiger partial charge in [-0.25, -0.2) is 19.2 Å². The monoisotopic (exact) mass is 306 g/mol. The van der Waals surface area contributed by atoms with Gasteiger partial charge in [0.15, 0.2) is 0 Å². The minimum absolute atomic E-state index is 0.152. The summed E-state index contributed by atoms with van der Waals surface area (Å²) in [5, 5.41) is 0. The number of nitrogen functional groups attached to an aromatic ring is 1. The van der Waals surface area contributed by atoms with Crippen molar-refractivity contribution in [1.82, 2.24) is 9.29 Å². The first-order valence-electron chi connectivity index (χ1n) is 6.54. The number of sulfonamides is 1. The van der Waals surface area contributed by atoms with Gasteiger partial charge >= 0.3 is 0 Å². The Labute approximate surface area is 124 Å². The number of rotatable bonds is 6. The molecule has 21 heavy (non-hydrogen) atoms. The van der Waals surface area contributed by atoms with Crippen molar-refractivity contribution in [3.8, 4) is 0 Å². The van der Waals surface area contributed by atoms with Crippen molar-refractivity contribution in [2.45, 2.75) is 18.4 Å². The standard InChI is InChI=1S/C14H18N4O2S/c1-2-18(11-12-6-4-3-5-7-12)21(19,20)13-8-9-14(17-15)16-10-13/h3-10H,2,11,15H2,1H3,(H,16,17). The van der Waals surface area contributed by atoms with Crippen LogP contribution in [0.1, 0.15) is 12.5 Å². The SMILES string of the molecule is CCN(Cc1ccccc1)S(=O)(=O)c1ccc(NN)nc1. The lowest BCUT2D eigenvalue weighted by Crippen LogP contribution is -2.30. The minimum Gasteiger partial charge on any atom is -0.308 e. The second-order valence-electron chi connectivity index (χ2n) is 4.44. The third-order valence-electron chi connectivity index (χ3n) is 3.08. The van der Waals surface area contributed by atoms with E-state index in [0.717, 1.165) is 5.56 Å². The van der Waals surface area contributed by atoms with E-state index in [1.165, 1.54) is 22.6 Å². The van der Waals surface area contributed by atoms with E-state index in [9.17, 15) is 8.42 Å². The van der Waals surface area contributed by atoms with E-state index in [1.54, 1.807) is 0 Å². The van der Waals surface area contributed by atoms with Gasteiger partial charge in [0.25, 0.3) is 0 Å². The zero-order valence-electron chi connectivity index (χ0n) is 11.7. The highest BCUT2D eigenvalue weighted by atomic mass is 32.2. The molecule has 0 saturated heterocycles. The Hall–Kier alpha value is -1.96. The van der Waals surface area contributed by atoms with Crippen LogP contribution >= 0.6 is 0 Å². The maximum Gasteiger partial charge on any atom is 0.244 e. The smallest absolute Gasteiger partial charge is 0.244 e. The number of benzene rings is 1. The molecular weight excluding hydrogens is 288 g/mol. The molecule has 2 aromatic rings. The molecule has 0 aliphatic heterocycles. The highest BCUT2D eigenvalue weighted by molar-refractivity contribution is 7.89. The zero-order valence-corrected chi connectivity index (χ0v) is 12.5. The Bertz CT molecular complexity index is 672. The molecule has 1 aromatic carbocycles. The predicted octanol–water partition coefficient (Wildman–Crippen LogP) is 1.58. The number of aromatic nitrogens is 1. The molecule has 0 spiro atoms. The van der Waals surface area contributed by atoms with Gasteiger partial charge in [-0.1, -0.05) is 37.3 Å². The molecule has 0 bridgehead atoms. The molecule has 0 unspecified atom stereocenters. The van der Waals surface area contributed by atoms with Crippen LogP contribution in [0.2, 0.25) is 0 Å². The van der Waals surface area contributed by atoms with Gasteiger partial charge in [-0.15, -0.1) is 0 Å². The maximum absolute atomic E-state index is 12.6. The molecular formula is C14H18N4O2S. The Balaban J connectivity index is 2.26. The van der Waals surface area contributed by atoms with Gasteiger partial charge in [-0.05, 0) is 17.7 Å². The van der Waals surface area contributed by atoms with Crippen molar-refractivity contribution in [3.63, 3.8) is 0 Å². The Morgan fingerprint density at radius 1 is 1.19 bits per heavy atom. The van der Waals surface area contributed by atoms with Gasteiger partial charge in [-0.2, -0.15) is 4.31 Å². The first-order valence-corrected chi connectivity index (χ1v) is 7.98. The van der Waals surface area contributed by atoms with Crippen LogP contribution in [0, 0.1) is 0 Å². The molecule has 1 aromatic heterocycles. The highest BCUT2D eigenvalue weighted by Gasteiger charge is 2.23. The van der Waals surface area contributed by atoms with Crippen molar-refractivity contribution < 1.29 is 8.42 Å². The quantitative estimate of drug-likeness (QED) is 0.625. The number of pyridine rings is 1. The lowest BCUT2D eigenvalue weighted by molar-refractivity contribution is 0.423. The molecule has 0 radical (unpaired) electrons. The second kappa shape index (κ2) is 6.66. The van der Waals surface area contributed by atoms with E-state index in [-0.39, 0.29) is 4.90 Å². The molecule has 3 N–H and O–H groups in total. The van der Waals surface area contributed by atoms with Crippen molar-refractivity contribution in [2.24, 2.45) is 5.84 Å². The van der Waals surface area contributed by atoms with Crippen LogP contribution < -0.4 is 11.3 Å². The average molecular weight is 306 g/mol. The highest BCUT2D eigenvalue weighted by Crippen LogP contribution is 2.18. The number of anilines is 1. The Morgan fingerprint density at radius 2 is 1.90 bits per heavy atom. The first-order chi connectivity index (χ1) is 10.1. The van der Waals surface area contributed by atoms with E-state index < -0.39 is 10.0 Å². The summed E-state index contributed by atoms with van der Waals surface area (Å²) in [4.78, 5) is 4.10. The fourth-order valence-corrected chi connectivity index (χ4v) is 3.30. The molecule has 1 heterocycles. The summed E-state index contributed by atoms with van der Waals surface area (Å²) in [5.74, 6) is 5.64. The number of nitrogens with zero attached hydrogens (tertiary/aromatic N) is 2. The van der Waals surface area contributed by atoms with Gasteiger partial charge < -0.3 is 5.43 Å². The summed E-state index contributed by atoms with van der Waals surface area (Å²) >= 11 is 0. The van der Waals surface area contributed by atoms with Crippen LogP contribution in [-0.2, 0) is 16.6 Å². The van der Waals surface area contributed by atoms with Gasteiger partial charge in [0.05, 0.1) is 0 Å². The number of nitrogens with two attached hydrogens (primary N) is 1.